The van der Waals surface area contributed by atoms with E-state index in [4.69, 9.17) is 11.6 Å². The van der Waals surface area contributed by atoms with Crippen LogP contribution in [0.1, 0.15) is 30.2 Å². The summed E-state index contributed by atoms with van der Waals surface area (Å²) < 4.78 is 13.3. The second kappa shape index (κ2) is 7.06. The van der Waals surface area contributed by atoms with Crippen molar-refractivity contribution in [1.29, 1.82) is 0 Å². The maximum atomic E-state index is 13.3. The minimum atomic E-state index is -0.267. The van der Waals surface area contributed by atoms with Gasteiger partial charge in [0, 0.05) is 25.9 Å². The highest BCUT2D eigenvalue weighted by atomic mass is 35.5. The Morgan fingerprint density at radius 1 is 1.00 bits per heavy atom. The molecular formula is C20H18ClFOS. The molecule has 4 heteroatoms. The Kier molecular flexibility index (Phi) is 5.04. The fraction of sp³-hybridized carbons (Fsp3) is 0.200. The Hall–Kier alpha value is -1.68. The lowest BCUT2D eigenvalue weighted by atomic mass is 9.95. The van der Waals surface area contributed by atoms with E-state index in [0.29, 0.717) is 10.9 Å². The number of aliphatic hydroxyl groups excluding tert-OH is 1. The van der Waals surface area contributed by atoms with E-state index in [2.05, 4.69) is 13.8 Å². The molecule has 0 spiro atoms. The number of hydrogen-bond acceptors (Lipinski definition) is 2. The molecule has 0 saturated heterocycles. The zero-order valence-electron chi connectivity index (χ0n) is 13.5. The minimum Gasteiger partial charge on any atom is -0.392 e. The maximum absolute atomic E-state index is 13.3. The molecule has 3 rings (SSSR count). The second-order valence-electron chi connectivity index (χ2n) is 5.98. The van der Waals surface area contributed by atoms with Gasteiger partial charge in [0.1, 0.15) is 5.82 Å². The third-order valence-corrected chi connectivity index (χ3v) is 5.79. The largest absolute Gasteiger partial charge is 0.392 e. The van der Waals surface area contributed by atoms with Crippen LogP contribution in [-0.2, 0) is 6.61 Å². The number of rotatable bonds is 4. The van der Waals surface area contributed by atoms with Gasteiger partial charge in [-0.1, -0.05) is 49.7 Å². The molecule has 0 unspecified atom stereocenters. The van der Waals surface area contributed by atoms with Crippen LogP contribution in [0.15, 0.2) is 48.5 Å². The highest BCUT2D eigenvalue weighted by molar-refractivity contribution is 7.16. The van der Waals surface area contributed by atoms with E-state index in [1.807, 2.05) is 24.3 Å². The highest BCUT2D eigenvalue weighted by Gasteiger charge is 2.21. The van der Waals surface area contributed by atoms with Crippen molar-refractivity contribution in [2.24, 2.45) is 0 Å². The number of aliphatic hydroxyl groups is 1. The van der Waals surface area contributed by atoms with Gasteiger partial charge < -0.3 is 5.11 Å². The summed E-state index contributed by atoms with van der Waals surface area (Å²) >= 11 is 7.69. The summed E-state index contributed by atoms with van der Waals surface area (Å²) in [5.41, 5.74) is 3.86. The van der Waals surface area contributed by atoms with Crippen molar-refractivity contribution in [3.8, 4) is 21.6 Å². The summed E-state index contributed by atoms with van der Waals surface area (Å²) in [6.07, 6.45) is 0. The lowest BCUT2D eigenvalue weighted by Gasteiger charge is -2.09. The van der Waals surface area contributed by atoms with E-state index >= 15 is 0 Å². The molecule has 0 radical (unpaired) electrons. The average molecular weight is 361 g/mol. The quantitative estimate of drug-likeness (QED) is 0.563. The van der Waals surface area contributed by atoms with E-state index in [1.165, 1.54) is 12.1 Å². The monoisotopic (exact) mass is 360 g/mol. The standard InChI is InChI=1S/C20H18ClFOS/c1-12(2)19-17(11-23)18(13-5-9-16(22)10-6-13)20(24-19)14-3-7-15(21)8-4-14/h3-10,12,23H,11H2,1-2H3. The Morgan fingerprint density at radius 3 is 2.12 bits per heavy atom. The molecule has 124 valence electrons. The van der Waals surface area contributed by atoms with Crippen molar-refractivity contribution in [1.82, 2.24) is 0 Å². The Bertz CT molecular complexity index is 835. The summed E-state index contributed by atoms with van der Waals surface area (Å²) in [5, 5.41) is 10.7. The highest BCUT2D eigenvalue weighted by Crippen LogP contribution is 2.45. The number of hydrogen-bond donors (Lipinski definition) is 1. The van der Waals surface area contributed by atoms with Crippen molar-refractivity contribution >= 4 is 22.9 Å². The fourth-order valence-electron chi connectivity index (χ4n) is 2.83. The first-order valence-corrected chi connectivity index (χ1v) is 8.99. The molecule has 1 N–H and O–H groups in total. The van der Waals surface area contributed by atoms with Crippen LogP contribution < -0.4 is 0 Å². The smallest absolute Gasteiger partial charge is 0.123 e. The molecule has 2 aromatic carbocycles. The second-order valence-corrected chi connectivity index (χ2v) is 7.46. The Labute approximate surface area is 150 Å². The molecule has 0 amide bonds. The molecule has 0 bridgehead atoms. The van der Waals surface area contributed by atoms with Crippen LogP contribution in [0.5, 0.6) is 0 Å². The van der Waals surface area contributed by atoms with Crippen molar-refractivity contribution in [2.45, 2.75) is 26.4 Å². The lowest BCUT2D eigenvalue weighted by Crippen LogP contribution is -1.93. The van der Waals surface area contributed by atoms with Crippen molar-refractivity contribution < 1.29 is 9.50 Å². The molecule has 0 fully saturated rings. The molecular weight excluding hydrogens is 343 g/mol. The number of thiophene rings is 1. The number of benzene rings is 2. The normalized spacial score (nSPS) is 11.2. The van der Waals surface area contributed by atoms with Crippen LogP contribution in [0.2, 0.25) is 5.02 Å². The molecule has 3 aromatic rings. The molecule has 0 saturated carbocycles. The van der Waals surface area contributed by atoms with Gasteiger partial charge in [-0.05, 0) is 41.3 Å². The third kappa shape index (κ3) is 3.25. The van der Waals surface area contributed by atoms with Crippen molar-refractivity contribution in [2.75, 3.05) is 0 Å². The van der Waals surface area contributed by atoms with Crippen molar-refractivity contribution in [3.63, 3.8) is 0 Å². The molecule has 1 aromatic heterocycles. The molecule has 24 heavy (non-hydrogen) atoms. The lowest BCUT2D eigenvalue weighted by molar-refractivity contribution is 0.281. The average Bonchev–Trinajstić information content (AvgIpc) is 2.96. The summed E-state index contributed by atoms with van der Waals surface area (Å²) in [4.78, 5) is 2.23. The van der Waals surface area contributed by atoms with Crippen LogP contribution in [0.25, 0.3) is 21.6 Å². The first kappa shape index (κ1) is 17.2. The van der Waals surface area contributed by atoms with E-state index in [-0.39, 0.29) is 12.4 Å². The molecule has 1 heterocycles. The Balaban J connectivity index is 2.27. The molecule has 0 atom stereocenters. The van der Waals surface area contributed by atoms with E-state index in [9.17, 15) is 9.50 Å². The van der Waals surface area contributed by atoms with E-state index in [0.717, 1.165) is 32.0 Å². The van der Waals surface area contributed by atoms with Gasteiger partial charge >= 0.3 is 0 Å². The predicted octanol–water partition coefficient (Wildman–Crippen LogP) is 6.49. The zero-order valence-corrected chi connectivity index (χ0v) is 15.1. The summed E-state index contributed by atoms with van der Waals surface area (Å²) in [6, 6.07) is 14.1. The van der Waals surface area contributed by atoms with E-state index < -0.39 is 0 Å². The minimum absolute atomic E-state index is 0.0374. The summed E-state index contributed by atoms with van der Waals surface area (Å²) in [5.74, 6) is 0.0362. The predicted molar refractivity (Wildman–Crippen MR) is 100 cm³/mol. The van der Waals surface area contributed by atoms with Gasteiger partial charge in [0.2, 0.25) is 0 Å². The third-order valence-electron chi connectivity index (χ3n) is 3.96. The van der Waals surface area contributed by atoms with Crippen LogP contribution in [0, 0.1) is 5.82 Å². The van der Waals surface area contributed by atoms with Crippen molar-refractivity contribution in [3.05, 3.63) is 69.8 Å². The maximum Gasteiger partial charge on any atom is 0.123 e. The van der Waals surface area contributed by atoms with Gasteiger partial charge in [-0.2, -0.15) is 0 Å². The summed E-state index contributed by atoms with van der Waals surface area (Å²) in [7, 11) is 0. The van der Waals surface area contributed by atoms with Gasteiger partial charge in [-0.15, -0.1) is 11.3 Å². The SMILES string of the molecule is CC(C)c1sc(-c2ccc(Cl)cc2)c(-c2ccc(F)cc2)c1CO. The topological polar surface area (TPSA) is 20.2 Å². The Morgan fingerprint density at radius 2 is 1.58 bits per heavy atom. The molecule has 0 aliphatic carbocycles. The van der Waals surface area contributed by atoms with Gasteiger partial charge in [0.25, 0.3) is 0 Å². The first-order valence-electron chi connectivity index (χ1n) is 7.79. The van der Waals surface area contributed by atoms with Crippen LogP contribution >= 0.6 is 22.9 Å². The number of halogens is 2. The van der Waals surface area contributed by atoms with Crippen LogP contribution in [0.3, 0.4) is 0 Å². The van der Waals surface area contributed by atoms with E-state index in [1.54, 1.807) is 23.5 Å². The molecule has 1 nitrogen and oxygen atoms in total. The van der Waals surface area contributed by atoms with Gasteiger partial charge in [-0.25, -0.2) is 4.39 Å². The van der Waals surface area contributed by atoms with Crippen LogP contribution in [-0.4, -0.2) is 5.11 Å². The van der Waals surface area contributed by atoms with Gasteiger partial charge in [-0.3, -0.25) is 0 Å². The zero-order chi connectivity index (χ0) is 17.3. The molecule has 0 aliphatic heterocycles. The fourth-order valence-corrected chi connectivity index (χ4v) is 4.30. The van der Waals surface area contributed by atoms with Gasteiger partial charge in [0.05, 0.1) is 6.61 Å². The van der Waals surface area contributed by atoms with Crippen LogP contribution in [0.4, 0.5) is 4.39 Å². The summed E-state index contributed by atoms with van der Waals surface area (Å²) in [6.45, 7) is 4.19. The first-order chi connectivity index (χ1) is 11.5. The van der Waals surface area contributed by atoms with Gasteiger partial charge in [0.15, 0.2) is 0 Å². The molecule has 0 aliphatic rings.